The molecule has 4 heteroatoms. The van der Waals surface area contributed by atoms with E-state index in [9.17, 15) is 9.59 Å². The molecule has 1 aliphatic heterocycles. The van der Waals surface area contributed by atoms with E-state index >= 15 is 0 Å². The van der Waals surface area contributed by atoms with Gasteiger partial charge in [-0.2, -0.15) is 0 Å². The lowest BCUT2D eigenvalue weighted by Crippen LogP contribution is -2.43. The van der Waals surface area contributed by atoms with Crippen molar-refractivity contribution >= 4 is 11.9 Å². The number of carboxylic acid groups (broad SMARTS) is 1. The number of hydrogen-bond acceptors (Lipinski definition) is 2. The molecule has 18 heavy (non-hydrogen) atoms. The Balaban J connectivity index is 2.00. The Bertz CT molecular complexity index is 345. The Morgan fingerprint density at radius 3 is 2.28 bits per heavy atom. The standard InChI is InChI=1S/C14H23NO3/c1-14(2,11-5-3-4-6-11)13(18)15-8-7-10(9-15)12(16)17/h10-11H,3-9H2,1-2H3,(H,16,17). The highest BCUT2D eigenvalue weighted by Crippen LogP contribution is 2.41. The number of hydrogen-bond donors (Lipinski definition) is 1. The van der Waals surface area contributed by atoms with E-state index < -0.39 is 5.97 Å². The summed E-state index contributed by atoms with van der Waals surface area (Å²) in [6.45, 7) is 5.05. The number of carbonyl (C=O) groups excluding carboxylic acids is 1. The van der Waals surface area contributed by atoms with Crippen LogP contribution in [-0.2, 0) is 9.59 Å². The fourth-order valence-electron chi connectivity index (χ4n) is 3.38. The first-order valence-electron chi connectivity index (χ1n) is 6.95. The summed E-state index contributed by atoms with van der Waals surface area (Å²) in [7, 11) is 0. The number of carboxylic acids is 1. The third-order valence-electron chi connectivity index (χ3n) is 4.75. The van der Waals surface area contributed by atoms with Crippen molar-refractivity contribution in [3.63, 3.8) is 0 Å². The van der Waals surface area contributed by atoms with Crippen molar-refractivity contribution < 1.29 is 14.7 Å². The van der Waals surface area contributed by atoms with Crippen molar-refractivity contribution in [3.8, 4) is 0 Å². The summed E-state index contributed by atoms with van der Waals surface area (Å²) in [5.41, 5.74) is -0.329. The van der Waals surface area contributed by atoms with Gasteiger partial charge in [-0.1, -0.05) is 26.7 Å². The quantitative estimate of drug-likeness (QED) is 0.838. The number of nitrogens with zero attached hydrogens (tertiary/aromatic N) is 1. The predicted octanol–water partition coefficient (Wildman–Crippen LogP) is 2.14. The lowest BCUT2D eigenvalue weighted by atomic mass is 9.76. The summed E-state index contributed by atoms with van der Waals surface area (Å²) in [6, 6.07) is 0. The van der Waals surface area contributed by atoms with E-state index in [2.05, 4.69) is 0 Å². The lowest BCUT2D eigenvalue weighted by Gasteiger charge is -2.34. The lowest BCUT2D eigenvalue weighted by molar-refractivity contribution is -0.144. The van der Waals surface area contributed by atoms with E-state index in [1.807, 2.05) is 13.8 Å². The van der Waals surface area contributed by atoms with Crippen LogP contribution in [0.25, 0.3) is 0 Å². The normalized spacial score (nSPS) is 25.7. The molecule has 0 aromatic carbocycles. The van der Waals surface area contributed by atoms with Crippen LogP contribution in [-0.4, -0.2) is 35.0 Å². The summed E-state index contributed by atoms with van der Waals surface area (Å²) in [4.78, 5) is 25.3. The Morgan fingerprint density at radius 1 is 1.17 bits per heavy atom. The molecule has 2 rings (SSSR count). The highest BCUT2D eigenvalue weighted by atomic mass is 16.4. The highest BCUT2D eigenvalue weighted by Gasteiger charge is 2.43. The molecule has 2 fully saturated rings. The second kappa shape index (κ2) is 4.90. The molecule has 102 valence electrons. The number of amides is 1. The van der Waals surface area contributed by atoms with Gasteiger partial charge in [-0.05, 0) is 25.2 Å². The largest absolute Gasteiger partial charge is 0.481 e. The summed E-state index contributed by atoms with van der Waals surface area (Å²) in [6.07, 6.45) is 5.31. The molecule has 0 aromatic heterocycles. The van der Waals surface area contributed by atoms with Crippen LogP contribution in [0.3, 0.4) is 0 Å². The second-order valence-corrected chi connectivity index (χ2v) is 6.28. The molecule has 1 atom stereocenters. The van der Waals surface area contributed by atoms with Gasteiger partial charge in [0.2, 0.25) is 5.91 Å². The Morgan fingerprint density at radius 2 is 1.78 bits per heavy atom. The number of carbonyl (C=O) groups is 2. The summed E-state index contributed by atoms with van der Waals surface area (Å²) in [5, 5.41) is 8.99. The number of rotatable bonds is 3. The molecule has 1 aliphatic carbocycles. The van der Waals surface area contributed by atoms with Gasteiger partial charge in [-0.3, -0.25) is 9.59 Å². The summed E-state index contributed by atoms with van der Waals surface area (Å²) in [5.74, 6) is -0.524. The summed E-state index contributed by atoms with van der Waals surface area (Å²) >= 11 is 0. The van der Waals surface area contributed by atoms with E-state index in [0.29, 0.717) is 25.4 Å². The Labute approximate surface area is 108 Å². The fourth-order valence-corrected chi connectivity index (χ4v) is 3.38. The average molecular weight is 253 g/mol. The zero-order chi connectivity index (χ0) is 13.3. The molecule has 1 saturated heterocycles. The van der Waals surface area contributed by atoms with Crippen LogP contribution in [0.2, 0.25) is 0 Å². The van der Waals surface area contributed by atoms with Crippen LogP contribution < -0.4 is 0 Å². The molecule has 1 N–H and O–H groups in total. The second-order valence-electron chi connectivity index (χ2n) is 6.28. The van der Waals surface area contributed by atoms with Crippen molar-refractivity contribution in [1.29, 1.82) is 0 Å². The molecule has 0 aromatic rings. The topological polar surface area (TPSA) is 57.6 Å². The first-order valence-corrected chi connectivity index (χ1v) is 6.95. The molecule has 4 nitrogen and oxygen atoms in total. The molecule has 0 spiro atoms. The monoisotopic (exact) mass is 253 g/mol. The first-order chi connectivity index (χ1) is 8.43. The molecule has 1 heterocycles. The molecule has 2 aliphatic rings. The third kappa shape index (κ3) is 2.38. The van der Waals surface area contributed by atoms with Gasteiger partial charge in [-0.15, -0.1) is 0 Å². The molecule has 1 unspecified atom stereocenters. The summed E-state index contributed by atoms with van der Waals surface area (Å²) < 4.78 is 0. The SMILES string of the molecule is CC(C)(C(=O)N1CCC(C(=O)O)C1)C1CCCC1. The maximum atomic E-state index is 12.6. The fraction of sp³-hybridized carbons (Fsp3) is 0.857. The molecular weight excluding hydrogens is 230 g/mol. The molecule has 0 radical (unpaired) electrons. The Hall–Kier alpha value is -1.06. The maximum Gasteiger partial charge on any atom is 0.308 e. The molecular formula is C14H23NO3. The van der Waals surface area contributed by atoms with E-state index in [1.165, 1.54) is 12.8 Å². The van der Waals surface area contributed by atoms with Crippen molar-refractivity contribution in [2.45, 2.75) is 46.0 Å². The van der Waals surface area contributed by atoms with E-state index in [4.69, 9.17) is 5.11 Å². The molecule has 1 saturated carbocycles. The van der Waals surface area contributed by atoms with Crippen molar-refractivity contribution in [2.24, 2.45) is 17.3 Å². The van der Waals surface area contributed by atoms with Crippen LogP contribution in [0.4, 0.5) is 0 Å². The highest BCUT2D eigenvalue weighted by molar-refractivity contribution is 5.83. The Kier molecular flexibility index (Phi) is 3.64. The van der Waals surface area contributed by atoms with Crippen molar-refractivity contribution in [3.05, 3.63) is 0 Å². The minimum absolute atomic E-state index is 0.151. The van der Waals surface area contributed by atoms with Crippen LogP contribution in [0.5, 0.6) is 0 Å². The zero-order valence-corrected chi connectivity index (χ0v) is 11.3. The van der Waals surface area contributed by atoms with Gasteiger partial charge in [-0.25, -0.2) is 0 Å². The van der Waals surface area contributed by atoms with Gasteiger partial charge >= 0.3 is 5.97 Å². The van der Waals surface area contributed by atoms with Gasteiger partial charge in [0.1, 0.15) is 0 Å². The van der Waals surface area contributed by atoms with Gasteiger partial charge < -0.3 is 10.0 Å². The minimum Gasteiger partial charge on any atom is -0.481 e. The molecule has 0 bridgehead atoms. The van der Waals surface area contributed by atoms with Crippen LogP contribution in [0.1, 0.15) is 46.0 Å². The first kappa shape index (κ1) is 13.4. The van der Waals surface area contributed by atoms with Gasteiger partial charge in [0, 0.05) is 18.5 Å². The van der Waals surface area contributed by atoms with Crippen molar-refractivity contribution in [1.82, 2.24) is 4.90 Å². The average Bonchev–Trinajstić information content (AvgIpc) is 2.99. The zero-order valence-electron chi connectivity index (χ0n) is 11.3. The van der Waals surface area contributed by atoms with Crippen LogP contribution in [0, 0.1) is 17.3 Å². The van der Waals surface area contributed by atoms with Crippen molar-refractivity contribution in [2.75, 3.05) is 13.1 Å². The van der Waals surface area contributed by atoms with E-state index in [-0.39, 0.29) is 17.2 Å². The van der Waals surface area contributed by atoms with E-state index in [0.717, 1.165) is 12.8 Å². The number of likely N-dealkylation sites (tertiary alicyclic amines) is 1. The number of aliphatic carboxylic acids is 1. The van der Waals surface area contributed by atoms with Gasteiger partial charge in [0.15, 0.2) is 0 Å². The van der Waals surface area contributed by atoms with Crippen LogP contribution in [0.15, 0.2) is 0 Å². The van der Waals surface area contributed by atoms with E-state index in [1.54, 1.807) is 4.90 Å². The van der Waals surface area contributed by atoms with Crippen LogP contribution >= 0.6 is 0 Å². The predicted molar refractivity (Wildman–Crippen MR) is 68.1 cm³/mol. The van der Waals surface area contributed by atoms with Gasteiger partial charge in [0.05, 0.1) is 5.92 Å². The maximum absolute atomic E-state index is 12.6. The molecule has 1 amide bonds. The minimum atomic E-state index is -0.774. The smallest absolute Gasteiger partial charge is 0.308 e. The van der Waals surface area contributed by atoms with Gasteiger partial charge in [0.25, 0.3) is 0 Å². The third-order valence-corrected chi connectivity index (χ3v) is 4.75.